The number of carbonyl (C=O) groups excluding carboxylic acids is 3. The van der Waals surface area contributed by atoms with Crippen LogP contribution in [0.1, 0.15) is 32.1 Å². The van der Waals surface area contributed by atoms with E-state index in [9.17, 15) is 27.6 Å². The zero-order valence-electron chi connectivity index (χ0n) is 13.9. The SMILES string of the molecule is O=C(COC(=O)C1C[C@H]2CCC[C@@H](C1)C2=O)Nc1ccc(F)c(F)c1F. The van der Waals surface area contributed by atoms with Gasteiger partial charge in [0.1, 0.15) is 5.78 Å². The van der Waals surface area contributed by atoms with Crippen molar-refractivity contribution in [2.75, 3.05) is 11.9 Å². The van der Waals surface area contributed by atoms with E-state index in [1.54, 1.807) is 0 Å². The number of nitrogens with one attached hydrogen (secondary N) is 1. The summed E-state index contributed by atoms with van der Waals surface area (Å²) >= 11 is 0. The van der Waals surface area contributed by atoms with E-state index in [-0.39, 0.29) is 17.6 Å². The van der Waals surface area contributed by atoms with Gasteiger partial charge < -0.3 is 10.1 Å². The van der Waals surface area contributed by atoms with Gasteiger partial charge in [0.15, 0.2) is 24.1 Å². The van der Waals surface area contributed by atoms with Crippen LogP contribution in [-0.4, -0.2) is 24.3 Å². The molecule has 0 aliphatic heterocycles. The molecule has 2 fully saturated rings. The van der Waals surface area contributed by atoms with Gasteiger partial charge in [-0.05, 0) is 37.8 Å². The number of ketones is 1. The van der Waals surface area contributed by atoms with Crippen molar-refractivity contribution in [3.05, 3.63) is 29.6 Å². The first-order valence-electron chi connectivity index (χ1n) is 8.50. The average Bonchev–Trinajstić information content (AvgIpc) is 2.60. The van der Waals surface area contributed by atoms with Gasteiger partial charge in [-0.1, -0.05) is 6.42 Å². The number of carbonyl (C=O) groups is 3. The second-order valence-corrected chi connectivity index (χ2v) is 6.77. The molecular formula is C18H18F3NO4. The van der Waals surface area contributed by atoms with E-state index in [2.05, 4.69) is 0 Å². The maximum absolute atomic E-state index is 13.5. The van der Waals surface area contributed by atoms with Crippen molar-refractivity contribution in [1.82, 2.24) is 0 Å². The van der Waals surface area contributed by atoms with Gasteiger partial charge in [-0.25, -0.2) is 13.2 Å². The van der Waals surface area contributed by atoms with E-state index in [4.69, 9.17) is 4.74 Å². The highest BCUT2D eigenvalue weighted by molar-refractivity contribution is 5.93. The van der Waals surface area contributed by atoms with Gasteiger partial charge in [-0.15, -0.1) is 0 Å². The highest BCUT2D eigenvalue weighted by Crippen LogP contribution is 2.40. The van der Waals surface area contributed by atoms with Gasteiger partial charge in [-0.2, -0.15) is 0 Å². The molecule has 1 aromatic rings. The maximum atomic E-state index is 13.5. The molecule has 1 unspecified atom stereocenters. The molecule has 0 spiro atoms. The fourth-order valence-electron chi connectivity index (χ4n) is 3.74. The van der Waals surface area contributed by atoms with E-state index >= 15 is 0 Å². The molecule has 2 aliphatic carbocycles. The fraction of sp³-hybridized carbons (Fsp3) is 0.500. The Hall–Kier alpha value is -2.38. The molecule has 5 nitrogen and oxygen atoms in total. The molecule has 1 amide bonds. The van der Waals surface area contributed by atoms with Gasteiger partial charge in [0, 0.05) is 11.8 Å². The van der Waals surface area contributed by atoms with Crippen molar-refractivity contribution in [1.29, 1.82) is 0 Å². The van der Waals surface area contributed by atoms with Gasteiger partial charge in [0.2, 0.25) is 0 Å². The van der Waals surface area contributed by atoms with Crippen LogP contribution in [0, 0.1) is 35.2 Å². The molecule has 0 radical (unpaired) electrons. The Morgan fingerprint density at radius 1 is 1.08 bits per heavy atom. The fourth-order valence-corrected chi connectivity index (χ4v) is 3.74. The molecule has 140 valence electrons. The third kappa shape index (κ3) is 3.73. The Morgan fingerprint density at radius 2 is 1.73 bits per heavy atom. The van der Waals surface area contributed by atoms with Crippen molar-refractivity contribution in [3.63, 3.8) is 0 Å². The van der Waals surface area contributed by atoms with Crippen LogP contribution >= 0.6 is 0 Å². The summed E-state index contributed by atoms with van der Waals surface area (Å²) in [6.45, 7) is -0.670. The molecule has 1 aromatic carbocycles. The largest absolute Gasteiger partial charge is 0.455 e. The third-order valence-electron chi connectivity index (χ3n) is 5.04. The van der Waals surface area contributed by atoms with Gasteiger partial charge in [0.05, 0.1) is 11.6 Å². The number of fused-ring (bicyclic) bond motifs is 2. The molecule has 2 bridgehead atoms. The molecule has 0 heterocycles. The molecule has 2 saturated carbocycles. The van der Waals surface area contributed by atoms with Crippen molar-refractivity contribution in [2.24, 2.45) is 17.8 Å². The number of Topliss-reactive ketones (excluding diaryl/α,β-unsaturated/α-hetero) is 1. The Balaban J connectivity index is 1.52. The predicted molar refractivity (Wildman–Crippen MR) is 84.5 cm³/mol. The quantitative estimate of drug-likeness (QED) is 0.654. The van der Waals surface area contributed by atoms with Gasteiger partial charge in [-0.3, -0.25) is 14.4 Å². The Bertz CT molecular complexity index is 736. The number of benzene rings is 1. The van der Waals surface area contributed by atoms with Gasteiger partial charge >= 0.3 is 5.97 Å². The predicted octanol–water partition coefficient (Wildman–Crippen LogP) is 2.98. The second-order valence-electron chi connectivity index (χ2n) is 6.77. The second kappa shape index (κ2) is 7.47. The number of ether oxygens (including phenoxy) is 1. The number of halogens is 3. The smallest absolute Gasteiger partial charge is 0.309 e. The maximum Gasteiger partial charge on any atom is 0.309 e. The summed E-state index contributed by atoms with van der Waals surface area (Å²) in [5.41, 5.74) is -0.539. The minimum absolute atomic E-state index is 0.120. The summed E-state index contributed by atoms with van der Waals surface area (Å²) in [6, 6.07) is 1.55. The zero-order valence-corrected chi connectivity index (χ0v) is 13.9. The lowest BCUT2D eigenvalue weighted by Crippen LogP contribution is -2.40. The van der Waals surface area contributed by atoms with E-state index < -0.39 is 47.5 Å². The lowest BCUT2D eigenvalue weighted by molar-refractivity contribution is -0.155. The molecular weight excluding hydrogens is 351 g/mol. The van der Waals surface area contributed by atoms with Crippen molar-refractivity contribution < 1.29 is 32.3 Å². The van der Waals surface area contributed by atoms with Crippen molar-refractivity contribution >= 4 is 23.3 Å². The average molecular weight is 369 g/mol. The molecule has 0 saturated heterocycles. The van der Waals surface area contributed by atoms with Crippen LogP contribution in [-0.2, 0) is 19.1 Å². The summed E-state index contributed by atoms with van der Waals surface area (Å²) in [5.74, 6) is -6.49. The van der Waals surface area contributed by atoms with Gasteiger partial charge in [0.25, 0.3) is 5.91 Å². The lowest BCUT2D eigenvalue weighted by Gasteiger charge is -2.36. The number of hydrogen-bond acceptors (Lipinski definition) is 4. The number of rotatable bonds is 4. The number of amides is 1. The number of anilines is 1. The summed E-state index contributed by atoms with van der Waals surface area (Å²) in [4.78, 5) is 36.0. The molecule has 8 heteroatoms. The molecule has 1 N–H and O–H groups in total. The van der Waals surface area contributed by atoms with E-state index in [0.717, 1.165) is 25.3 Å². The highest BCUT2D eigenvalue weighted by Gasteiger charge is 2.41. The van der Waals surface area contributed by atoms with Crippen molar-refractivity contribution in [2.45, 2.75) is 32.1 Å². The molecule has 3 atom stereocenters. The lowest BCUT2D eigenvalue weighted by atomic mass is 9.67. The Labute approximate surface area is 147 Å². The van der Waals surface area contributed by atoms with Crippen LogP contribution in [0.4, 0.5) is 18.9 Å². The minimum Gasteiger partial charge on any atom is -0.455 e. The molecule has 3 rings (SSSR count). The molecule has 0 aromatic heterocycles. The molecule has 2 aliphatic rings. The van der Waals surface area contributed by atoms with E-state index in [1.165, 1.54) is 0 Å². The first-order chi connectivity index (χ1) is 12.4. The standard InChI is InChI=1S/C18H18F3NO4/c19-12-4-5-13(16(21)15(12)20)22-14(23)8-26-18(25)11-6-9-2-1-3-10(7-11)17(9)24/h4-5,9-11H,1-3,6-8H2,(H,22,23)/t9-,10+,11?. The summed E-state index contributed by atoms with van der Waals surface area (Å²) < 4.78 is 44.5. The molecule has 26 heavy (non-hydrogen) atoms. The normalized spacial score (nSPS) is 24.9. The summed E-state index contributed by atoms with van der Waals surface area (Å²) in [7, 11) is 0. The van der Waals surface area contributed by atoms with E-state index in [1.807, 2.05) is 5.32 Å². The van der Waals surface area contributed by atoms with Crippen LogP contribution in [0.25, 0.3) is 0 Å². The van der Waals surface area contributed by atoms with Crippen LogP contribution in [0.2, 0.25) is 0 Å². The Morgan fingerprint density at radius 3 is 2.38 bits per heavy atom. The monoisotopic (exact) mass is 369 g/mol. The zero-order chi connectivity index (χ0) is 18.8. The van der Waals surface area contributed by atoms with Crippen molar-refractivity contribution in [3.8, 4) is 0 Å². The van der Waals surface area contributed by atoms with E-state index in [0.29, 0.717) is 18.9 Å². The first-order valence-corrected chi connectivity index (χ1v) is 8.50. The topological polar surface area (TPSA) is 72.5 Å². The highest BCUT2D eigenvalue weighted by atomic mass is 19.2. The third-order valence-corrected chi connectivity index (χ3v) is 5.04. The summed E-state index contributed by atoms with van der Waals surface area (Å²) in [6.07, 6.45) is 3.37. The van der Waals surface area contributed by atoms with Crippen LogP contribution in [0.5, 0.6) is 0 Å². The minimum atomic E-state index is -1.70. The van der Waals surface area contributed by atoms with Crippen LogP contribution in [0.3, 0.4) is 0 Å². The summed E-state index contributed by atoms with van der Waals surface area (Å²) in [5, 5.41) is 2.03. The van der Waals surface area contributed by atoms with Crippen LogP contribution in [0.15, 0.2) is 12.1 Å². The Kier molecular flexibility index (Phi) is 5.29. The number of hydrogen-bond donors (Lipinski definition) is 1. The number of esters is 1. The van der Waals surface area contributed by atoms with Crippen LogP contribution < -0.4 is 5.32 Å². The first kappa shape index (κ1) is 18.4.